The van der Waals surface area contributed by atoms with Gasteiger partial charge < -0.3 is 28.4 Å². The SMILES string of the molecule is N#CC(C#N)=C1/C(=N/c2cc3c(s2)C2=CC4C=C5OC(C(=O)OCc6ccccc6)(C(=O)OCc6ccccc6)c6cc(/N=C7\C(=O)c8cc(F)c(F)cc8C7=C(C#N)C#N)sc6C5=CC4C=C2OC3(C(=O)OCc2ccccc2)C(=O)OCc2ccccc2)C(=O)c2cc(F)c(F)cc21. The molecule has 8 aromatic rings. The summed E-state index contributed by atoms with van der Waals surface area (Å²) in [5.41, 5.74) is -8.73. The molecule has 2 unspecified atom stereocenters. The minimum Gasteiger partial charge on any atom is -0.459 e. The Kier molecular flexibility index (Phi) is 16.6. The van der Waals surface area contributed by atoms with E-state index >= 15 is 28.0 Å². The number of allylic oxidation sites excluding steroid dienone is 10. The fraction of sp³-hybridized carbons (Fsp3) is 0.105. The first-order valence-corrected chi connectivity index (χ1v) is 31.8. The van der Waals surface area contributed by atoms with E-state index in [0.29, 0.717) is 46.5 Å². The maximum atomic E-state index is 15.4. The zero-order valence-electron chi connectivity index (χ0n) is 51.2. The number of carbonyl (C=O) groups is 6. The van der Waals surface area contributed by atoms with Crippen LogP contribution < -0.4 is 0 Å². The summed E-state index contributed by atoms with van der Waals surface area (Å²) in [6, 6.07) is 45.7. The van der Waals surface area contributed by atoms with Crippen molar-refractivity contribution in [3.05, 3.63) is 293 Å². The number of nitrogens with zero attached hydrogens (tertiary/aromatic N) is 6. The maximum absolute atomic E-state index is 15.4. The summed E-state index contributed by atoms with van der Waals surface area (Å²) in [5.74, 6) is -14.8. The number of hydrogen-bond acceptors (Lipinski definition) is 20. The third-order valence-electron chi connectivity index (χ3n) is 17.0. The number of thiophene rings is 2. The van der Waals surface area contributed by atoms with E-state index in [-0.39, 0.29) is 64.7 Å². The van der Waals surface area contributed by atoms with Crippen LogP contribution in [0, 0.1) is 80.4 Å². The lowest BCUT2D eigenvalue weighted by Gasteiger charge is -2.41. The molecule has 100 heavy (non-hydrogen) atoms. The highest BCUT2D eigenvalue weighted by Crippen LogP contribution is 2.58. The molecule has 0 N–H and O–H groups in total. The van der Waals surface area contributed by atoms with Crippen molar-refractivity contribution in [1.82, 2.24) is 0 Å². The molecule has 6 aromatic carbocycles. The first-order chi connectivity index (χ1) is 48.5. The molecule has 0 bridgehead atoms. The predicted molar refractivity (Wildman–Crippen MR) is 350 cm³/mol. The van der Waals surface area contributed by atoms with Crippen molar-refractivity contribution in [3.63, 3.8) is 0 Å². The molecule has 2 aromatic heterocycles. The number of esters is 4. The molecule has 4 aliphatic carbocycles. The Hall–Kier alpha value is -13.0. The van der Waals surface area contributed by atoms with E-state index in [2.05, 4.69) is 9.98 Å². The molecule has 0 amide bonds. The molecule has 0 saturated carbocycles. The average Bonchev–Trinajstić information content (AvgIpc) is 1.30. The Labute approximate surface area is 571 Å². The summed E-state index contributed by atoms with van der Waals surface area (Å²) in [5, 5.41) is 40.4. The highest BCUT2D eigenvalue weighted by molar-refractivity contribution is 7.17. The number of hydrogen-bond donors (Lipinski definition) is 0. The summed E-state index contributed by atoms with van der Waals surface area (Å²) >= 11 is 1.59. The van der Waals surface area contributed by atoms with Crippen molar-refractivity contribution in [2.24, 2.45) is 21.8 Å². The molecule has 4 heterocycles. The van der Waals surface area contributed by atoms with Crippen LogP contribution in [0.3, 0.4) is 0 Å². The standard InChI is InChI=1S/C76H40F4N6O12S2/c77-55-25-47-49(27-57(55)79)67(87)65(63(47)45(31-81)32-82)85-61-29-53-69(99-61)51-21-44-24-60-52(22-43(44)23-59(51)97-75(53,71(89)93-35-39-13-5-1-6-14-39)72(90)94-36-40-15-7-2-8-16-40)70-54(30-62(100-70)86-66-64(46(33-83)34-84)48-26-56(78)58(80)28-50(48)68(66)88)76(98-60,73(91)95-37-41-17-9-3-10-18-41)74(92)96-38-42-19-11-4-12-20-42/h1-30,43-44H,35-38H2/b85-65-,86-66-. The number of ether oxygens (including phenoxy) is 6. The molecule has 14 rings (SSSR count). The first-order valence-electron chi connectivity index (χ1n) is 30.2. The molecular formula is C76H40F4N6O12S2. The topological polar surface area (TPSA) is 278 Å². The van der Waals surface area contributed by atoms with Gasteiger partial charge in [0.05, 0.1) is 0 Å². The lowest BCUT2D eigenvalue weighted by atomic mass is 9.75. The number of rotatable bonds is 14. The van der Waals surface area contributed by atoms with Gasteiger partial charge in [0.1, 0.15) is 94.8 Å². The van der Waals surface area contributed by atoms with E-state index in [1.807, 2.05) is 0 Å². The van der Waals surface area contributed by atoms with Crippen LogP contribution in [0.15, 0.2) is 215 Å². The smallest absolute Gasteiger partial charge is 0.367 e. The quantitative estimate of drug-likeness (QED) is 0.0321. The van der Waals surface area contributed by atoms with Gasteiger partial charge in [0.25, 0.3) is 0 Å². The summed E-state index contributed by atoms with van der Waals surface area (Å²) in [7, 11) is 0. The van der Waals surface area contributed by atoms with Gasteiger partial charge in [-0.25, -0.2) is 46.7 Å². The van der Waals surface area contributed by atoms with E-state index in [4.69, 9.17) is 28.4 Å². The highest BCUT2D eigenvalue weighted by atomic mass is 32.1. The monoisotopic (exact) mass is 1370 g/mol. The highest BCUT2D eigenvalue weighted by Gasteiger charge is 2.62. The second-order valence-electron chi connectivity index (χ2n) is 23.0. The number of fused-ring (bicyclic) bond motifs is 9. The van der Waals surface area contributed by atoms with Crippen molar-refractivity contribution >= 4 is 102 Å². The second-order valence-corrected chi connectivity index (χ2v) is 25.1. The number of carbonyl (C=O) groups excluding carboxylic acids is 6. The molecule has 2 atom stereocenters. The van der Waals surface area contributed by atoms with Gasteiger partial charge in [-0.3, -0.25) is 9.59 Å². The largest absolute Gasteiger partial charge is 0.459 e. The lowest BCUT2D eigenvalue weighted by molar-refractivity contribution is -0.191. The van der Waals surface area contributed by atoms with Gasteiger partial charge in [0.15, 0.2) is 23.3 Å². The van der Waals surface area contributed by atoms with E-state index in [0.717, 1.165) is 22.7 Å². The van der Waals surface area contributed by atoms with Crippen molar-refractivity contribution in [3.8, 4) is 24.3 Å². The van der Waals surface area contributed by atoms with Crippen LogP contribution in [0.25, 0.3) is 22.3 Å². The van der Waals surface area contributed by atoms with E-state index in [1.165, 1.54) is 12.1 Å². The minimum absolute atomic E-state index is 0.0822. The zero-order valence-corrected chi connectivity index (χ0v) is 52.8. The average molecular weight is 1370 g/mol. The molecule has 2 aliphatic heterocycles. The minimum atomic E-state index is -2.88. The number of aliphatic imine (C=N–C) groups is 2. The Morgan fingerprint density at radius 1 is 0.430 bits per heavy atom. The van der Waals surface area contributed by atoms with Crippen molar-refractivity contribution in [2.75, 3.05) is 0 Å². The predicted octanol–water partition coefficient (Wildman–Crippen LogP) is 13.8. The van der Waals surface area contributed by atoms with Gasteiger partial charge in [-0.1, -0.05) is 133 Å². The Balaban J connectivity index is 0.960. The molecule has 0 fully saturated rings. The van der Waals surface area contributed by atoms with E-state index < -0.39 is 153 Å². The van der Waals surface area contributed by atoms with Crippen LogP contribution in [0.5, 0.6) is 0 Å². The summed E-state index contributed by atoms with van der Waals surface area (Å²) in [4.78, 5) is 99.9. The Bertz CT molecular complexity index is 4920. The molecular weight excluding hydrogens is 1330 g/mol. The van der Waals surface area contributed by atoms with E-state index in [1.54, 1.807) is 170 Å². The second kappa shape index (κ2) is 25.9. The zero-order chi connectivity index (χ0) is 69.7. The third kappa shape index (κ3) is 11.0. The van der Waals surface area contributed by atoms with E-state index in [9.17, 15) is 39.4 Å². The first kappa shape index (κ1) is 64.3. The van der Waals surface area contributed by atoms with Crippen LogP contribution in [-0.4, -0.2) is 46.9 Å². The van der Waals surface area contributed by atoms with Gasteiger partial charge in [0, 0.05) is 77.3 Å². The molecule has 0 radical (unpaired) electrons. The van der Waals surface area contributed by atoms with Gasteiger partial charge in [-0.2, -0.15) is 21.0 Å². The summed E-state index contributed by atoms with van der Waals surface area (Å²) in [6.07, 6.45) is 6.46. The molecule has 0 saturated heterocycles. The fourth-order valence-corrected chi connectivity index (χ4v) is 14.5. The third-order valence-corrected chi connectivity index (χ3v) is 19.2. The summed E-state index contributed by atoms with van der Waals surface area (Å²) < 4.78 is 97.6. The maximum Gasteiger partial charge on any atom is 0.367 e. The number of halogens is 4. The van der Waals surface area contributed by atoms with Crippen LogP contribution in [0.4, 0.5) is 27.6 Å². The normalized spacial score (nSPS) is 17.5. The fourth-order valence-electron chi connectivity index (χ4n) is 12.3. The molecule has 486 valence electrons. The number of benzene rings is 6. The molecule has 18 nitrogen and oxygen atoms in total. The van der Waals surface area contributed by atoms with Crippen LogP contribution in [0.1, 0.15) is 75.0 Å². The Morgan fingerprint density at radius 3 is 1.01 bits per heavy atom. The van der Waals surface area contributed by atoms with Crippen LogP contribution >= 0.6 is 22.7 Å². The number of Topliss-reactive ketones (excluding diaryl/α,β-unsaturated/α-hetero) is 2. The van der Waals surface area contributed by atoms with Gasteiger partial charge in [-0.15, -0.1) is 22.7 Å². The number of ketones is 2. The summed E-state index contributed by atoms with van der Waals surface area (Å²) in [6.45, 7) is -1.60. The molecule has 6 aliphatic rings. The van der Waals surface area contributed by atoms with Crippen LogP contribution in [-0.2, 0) is 85.2 Å². The van der Waals surface area contributed by atoms with Crippen LogP contribution in [0.2, 0.25) is 0 Å². The Morgan fingerprint density at radius 2 is 0.720 bits per heavy atom. The van der Waals surface area contributed by atoms with Crippen molar-refractivity contribution < 1.29 is 74.8 Å². The number of nitriles is 4. The lowest BCUT2D eigenvalue weighted by Crippen LogP contribution is -2.51. The van der Waals surface area contributed by atoms with Gasteiger partial charge >= 0.3 is 35.1 Å². The van der Waals surface area contributed by atoms with Gasteiger partial charge in [-0.05, 0) is 70.8 Å². The van der Waals surface area contributed by atoms with Crippen molar-refractivity contribution in [1.29, 1.82) is 21.0 Å². The molecule has 0 spiro atoms. The molecule has 24 heteroatoms. The van der Waals surface area contributed by atoms with Gasteiger partial charge in [0.2, 0.25) is 11.6 Å². The van der Waals surface area contributed by atoms with Crippen molar-refractivity contribution in [2.45, 2.75) is 37.6 Å².